The van der Waals surface area contributed by atoms with E-state index in [0.717, 1.165) is 24.9 Å². The summed E-state index contributed by atoms with van der Waals surface area (Å²) < 4.78 is 12.7. The molecule has 0 aliphatic carbocycles. The first-order chi connectivity index (χ1) is 6.88. The third kappa shape index (κ3) is 3.46. The molecule has 1 aromatic rings. The molecule has 0 aliphatic heterocycles. The smallest absolute Gasteiger partial charge is 0.109 e. The van der Waals surface area contributed by atoms with Gasteiger partial charge in [-0.25, -0.2) is 4.39 Å². The van der Waals surface area contributed by atoms with Gasteiger partial charge in [0, 0.05) is 0 Å². The van der Waals surface area contributed by atoms with Crippen LogP contribution >= 0.6 is 0 Å². The van der Waals surface area contributed by atoms with Crippen LogP contribution in [0.1, 0.15) is 31.4 Å². The predicted octanol–water partition coefficient (Wildman–Crippen LogP) is 3.09. The summed E-state index contributed by atoms with van der Waals surface area (Å²) in [5, 5.41) is 3.21. The molecule has 0 aromatic heterocycles. The molecule has 0 spiro atoms. The van der Waals surface area contributed by atoms with Crippen molar-refractivity contribution in [1.82, 2.24) is 5.32 Å². The minimum Gasteiger partial charge on any atom is -0.308 e. The Balaban J connectivity index is 2.46. The Kier molecular flexibility index (Phi) is 5.23. The molecule has 0 amide bonds. The summed E-state index contributed by atoms with van der Waals surface area (Å²) in [6.45, 7) is 2.68. The molecule has 0 heterocycles. The van der Waals surface area contributed by atoms with Crippen LogP contribution in [0.15, 0.2) is 30.3 Å². The van der Waals surface area contributed by atoms with E-state index in [9.17, 15) is 4.39 Å². The third-order valence-electron chi connectivity index (χ3n) is 2.28. The summed E-state index contributed by atoms with van der Waals surface area (Å²) in [7, 11) is 0. The fraction of sp³-hybridized carbons (Fsp3) is 0.500. The van der Waals surface area contributed by atoms with Crippen molar-refractivity contribution in [3.05, 3.63) is 35.9 Å². The highest BCUT2D eigenvalue weighted by Crippen LogP contribution is 2.12. The lowest BCUT2D eigenvalue weighted by molar-refractivity contribution is 0.380. The van der Waals surface area contributed by atoms with E-state index in [-0.39, 0.29) is 12.7 Å². The number of nitrogens with one attached hydrogen (secondary N) is 1. The van der Waals surface area contributed by atoms with E-state index >= 15 is 0 Å². The molecular weight excluding hydrogens is 177 g/mol. The number of hydrogen-bond donors (Lipinski definition) is 1. The molecule has 0 saturated heterocycles. The van der Waals surface area contributed by atoms with Crippen LogP contribution in [-0.4, -0.2) is 13.2 Å². The van der Waals surface area contributed by atoms with Crippen molar-refractivity contribution >= 4 is 0 Å². The average molecular weight is 195 g/mol. The number of unbranched alkanes of at least 4 members (excludes halogenated alkanes) is 1. The van der Waals surface area contributed by atoms with Crippen LogP contribution in [0.2, 0.25) is 0 Å². The normalized spacial score (nSPS) is 12.7. The van der Waals surface area contributed by atoms with Gasteiger partial charge in [0.05, 0.1) is 6.04 Å². The molecule has 1 unspecified atom stereocenters. The monoisotopic (exact) mass is 195 g/mol. The number of alkyl halides is 1. The molecule has 0 radical (unpaired) electrons. The summed E-state index contributed by atoms with van der Waals surface area (Å²) in [6, 6.07) is 9.62. The Morgan fingerprint density at radius 3 is 2.57 bits per heavy atom. The molecule has 78 valence electrons. The van der Waals surface area contributed by atoms with Crippen LogP contribution in [0.25, 0.3) is 0 Å². The van der Waals surface area contributed by atoms with Gasteiger partial charge < -0.3 is 5.32 Å². The summed E-state index contributed by atoms with van der Waals surface area (Å²) in [5.74, 6) is 0. The van der Waals surface area contributed by atoms with Gasteiger partial charge in [0.15, 0.2) is 0 Å². The molecule has 0 bridgehead atoms. The lowest BCUT2D eigenvalue weighted by Gasteiger charge is -2.15. The molecule has 14 heavy (non-hydrogen) atoms. The van der Waals surface area contributed by atoms with Crippen molar-refractivity contribution < 1.29 is 4.39 Å². The van der Waals surface area contributed by atoms with E-state index in [0.29, 0.717) is 0 Å². The highest BCUT2D eigenvalue weighted by atomic mass is 19.1. The Morgan fingerprint density at radius 2 is 2.00 bits per heavy atom. The minimum absolute atomic E-state index is 0.136. The van der Waals surface area contributed by atoms with Crippen molar-refractivity contribution in [1.29, 1.82) is 0 Å². The first-order valence-corrected chi connectivity index (χ1v) is 5.22. The molecule has 0 aliphatic rings. The lowest BCUT2D eigenvalue weighted by Crippen LogP contribution is -2.23. The van der Waals surface area contributed by atoms with Gasteiger partial charge in [0.1, 0.15) is 6.67 Å². The summed E-state index contributed by atoms with van der Waals surface area (Å²) in [6.07, 6.45) is 2.24. The van der Waals surface area contributed by atoms with Gasteiger partial charge in [-0.3, -0.25) is 0 Å². The van der Waals surface area contributed by atoms with E-state index in [1.54, 1.807) is 0 Å². The summed E-state index contributed by atoms with van der Waals surface area (Å²) >= 11 is 0. The molecule has 1 aromatic carbocycles. The standard InChI is InChI=1S/C12H18FN/c1-2-3-9-14-12(10-13)11-7-5-4-6-8-11/h4-8,12,14H,2-3,9-10H2,1H3. The van der Waals surface area contributed by atoms with E-state index in [1.165, 1.54) is 0 Å². The number of halogens is 1. The molecular formula is C12H18FN. The van der Waals surface area contributed by atoms with Crippen molar-refractivity contribution in [2.24, 2.45) is 0 Å². The Morgan fingerprint density at radius 1 is 1.29 bits per heavy atom. The summed E-state index contributed by atoms with van der Waals surface area (Å²) in [5.41, 5.74) is 1.03. The Labute approximate surface area is 85.3 Å². The molecule has 1 nitrogen and oxygen atoms in total. The zero-order chi connectivity index (χ0) is 10.2. The van der Waals surface area contributed by atoms with Crippen molar-refractivity contribution in [3.63, 3.8) is 0 Å². The highest BCUT2D eigenvalue weighted by Gasteiger charge is 2.08. The Hall–Kier alpha value is -0.890. The average Bonchev–Trinajstić information content (AvgIpc) is 2.26. The molecule has 1 rings (SSSR count). The first-order valence-electron chi connectivity index (χ1n) is 5.22. The zero-order valence-corrected chi connectivity index (χ0v) is 8.67. The molecule has 0 saturated carbocycles. The SMILES string of the molecule is CCCCNC(CF)c1ccccc1. The number of benzene rings is 1. The van der Waals surface area contributed by atoms with Crippen LogP contribution in [-0.2, 0) is 0 Å². The van der Waals surface area contributed by atoms with E-state index < -0.39 is 0 Å². The number of rotatable bonds is 6. The van der Waals surface area contributed by atoms with Crippen LogP contribution < -0.4 is 5.32 Å². The maximum Gasteiger partial charge on any atom is 0.109 e. The van der Waals surface area contributed by atoms with Crippen molar-refractivity contribution in [2.75, 3.05) is 13.2 Å². The van der Waals surface area contributed by atoms with Gasteiger partial charge in [0.25, 0.3) is 0 Å². The van der Waals surface area contributed by atoms with Gasteiger partial charge in [-0.15, -0.1) is 0 Å². The second kappa shape index (κ2) is 6.55. The maximum absolute atomic E-state index is 12.7. The second-order valence-corrected chi connectivity index (χ2v) is 3.43. The largest absolute Gasteiger partial charge is 0.308 e. The topological polar surface area (TPSA) is 12.0 Å². The Bertz CT molecular complexity index is 235. The highest BCUT2D eigenvalue weighted by molar-refractivity contribution is 5.18. The minimum atomic E-state index is -0.340. The molecule has 2 heteroatoms. The maximum atomic E-state index is 12.7. The second-order valence-electron chi connectivity index (χ2n) is 3.43. The van der Waals surface area contributed by atoms with Crippen molar-refractivity contribution in [2.45, 2.75) is 25.8 Å². The van der Waals surface area contributed by atoms with Gasteiger partial charge in [0.2, 0.25) is 0 Å². The van der Waals surface area contributed by atoms with Crippen LogP contribution in [0.3, 0.4) is 0 Å². The number of hydrogen-bond acceptors (Lipinski definition) is 1. The van der Waals surface area contributed by atoms with Crippen LogP contribution in [0.4, 0.5) is 4.39 Å². The fourth-order valence-electron chi connectivity index (χ4n) is 1.40. The van der Waals surface area contributed by atoms with E-state index in [1.807, 2.05) is 30.3 Å². The van der Waals surface area contributed by atoms with E-state index in [2.05, 4.69) is 12.2 Å². The molecule has 1 N–H and O–H groups in total. The fourth-order valence-corrected chi connectivity index (χ4v) is 1.40. The lowest BCUT2D eigenvalue weighted by atomic mass is 10.1. The molecule has 1 atom stereocenters. The van der Waals surface area contributed by atoms with E-state index in [4.69, 9.17) is 0 Å². The predicted molar refractivity (Wildman–Crippen MR) is 58.1 cm³/mol. The van der Waals surface area contributed by atoms with Crippen LogP contribution in [0.5, 0.6) is 0 Å². The quantitative estimate of drug-likeness (QED) is 0.688. The van der Waals surface area contributed by atoms with Gasteiger partial charge >= 0.3 is 0 Å². The van der Waals surface area contributed by atoms with Gasteiger partial charge in [-0.2, -0.15) is 0 Å². The third-order valence-corrected chi connectivity index (χ3v) is 2.28. The van der Waals surface area contributed by atoms with Crippen molar-refractivity contribution in [3.8, 4) is 0 Å². The molecule has 0 fully saturated rings. The van der Waals surface area contributed by atoms with Crippen LogP contribution in [0, 0.1) is 0 Å². The summed E-state index contributed by atoms with van der Waals surface area (Å²) in [4.78, 5) is 0. The van der Waals surface area contributed by atoms with Gasteiger partial charge in [-0.05, 0) is 18.5 Å². The first kappa shape index (κ1) is 11.2. The van der Waals surface area contributed by atoms with Gasteiger partial charge in [-0.1, -0.05) is 43.7 Å². The zero-order valence-electron chi connectivity index (χ0n) is 8.67.